The third kappa shape index (κ3) is 10.5. The van der Waals surface area contributed by atoms with Crippen molar-refractivity contribution in [1.29, 1.82) is 0 Å². The summed E-state index contributed by atoms with van der Waals surface area (Å²) in [6.07, 6.45) is 0.568. The molecule has 0 radical (unpaired) electrons. The molecule has 0 aromatic heterocycles. The molecule has 2 aromatic carbocycles. The summed E-state index contributed by atoms with van der Waals surface area (Å²) < 4.78 is 32.4. The fourth-order valence-corrected chi connectivity index (χ4v) is 7.22. The normalized spacial score (nSPS) is 16.6. The zero-order valence-corrected chi connectivity index (χ0v) is 30.6. The van der Waals surface area contributed by atoms with Crippen molar-refractivity contribution >= 4 is 25.5 Å². The fourth-order valence-electron chi connectivity index (χ4n) is 5.36. The molecule has 1 aliphatic rings. The Labute approximate surface area is 280 Å². The van der Waals surface area contributed by atoms with Crippen LogP contribution in [0.4, 0.5) is 4.79 Å². The average Bonchev–Trinajstić information content (AvgIpc) is 3.48. The van der Waals surface area contributed by atoms with Gasteiger partial charge in [0.1, 0.15) is 29.2 Å². The van der Waals surface area contributed by atoms with Crippen molar-refractivity contribution in [1.82, 2.24) is 15.5 Å². The summed E-state index contributed by atoms with van der Waals surface area (Å²) in [5.41, 5.74) is 1.47. The van der Waals surface area contributed by atoms with E-state index in [2.05, 4.69) is 38.3 Å². The molecule has 1 saturated heterocycles. The first-order chi connectivity index (χ1) is 21.9. The molecule has 47 heavy (non-hydrogen) atoms. The first kappa shape index (κ1) is 37.9. The highest BCUT2D eigenvalue weighted by Crippen LogP contribution is 2.53. The second-order valence-corrected chi connectivity index (χ2v) is 16.2. The van der Waals surface area contributed by atoms with Crippen LogP contribution < -0.4 is 19.7 Å². The molecule has 0 aliphatic carbocycles. The van der Waals surface area contributed by atoms with Gasteiger partial charge in [0.2, 0.25) is 11.8 Å². The summed E-state index contributed by atoms with van der Waals surface area (Å²) in [6.45, 7) is 19.4. The Morgan fingerprint density at radius 3 is 1.74 bits per heavy atom. The number of nitrogens with one attached hydrogen (secondary N) is 2. The Balaban J connectivity index is 1.87. The molecule has 0 spiro atoms. The summed E-state index contributed by atoms with van der Waals surface area (Å²) in [5.74, 6) is -0.772. The first-order valence-corrected chi connectivity index (χ1v) is 18.3. The largest absolute Gasteiger partial charge is 0.452 e. The Kier molecular flexibility index (Phi) is 13.0. The lowest BCUT2D eigenvalue weighted by Gasteiger charge is -2.32. The number of alkyl carbamates (subject to hydrolysis) is 1. The number of hydrogen-bond donors (Lipinski definition) is 2. The summed E-state index contributed by atoms with van der Waals surface area (Å²) >= 11 is 0. The summed E-state index contributed by atoms with van der Waals surface area (Å²) in [4.78, 5) is 41.7. The van der Waals surface area contributed by atoms with Crippen molar-refractivity contribution in [3.05, 3.63) is 59.7 Å². The van der Waals surface area contributed by atoms with Crippen LogP contribution >= 0.6 is 7.60 Å². The average molecular weight is 672 g/mol. The monoisotopic (exact) mass is 671 g/mol. The molecule has 2 N–H and O–H groups in total. The van der Waals surface area contributed by atoms with Gasteiger partial charge in [0.25, 0.3) is 0 Å². The van der Waals surface area contributed by atoms with E-state index >= 15 is 0 Å². The third-order valence-electron chi connectivity index (χ3n) is 8.08. The summed E-state index contributed by atoms with van der Waals surface area (Å²) in [6, 6.07) is 13.0. The van der Waals surface area contributed by atoms with Gasteiger partial charge in [-0.2, -0.15) is 0 Å². The maximum atomic E-state index is 14.7. The Morgan fingerprint density at radius 2 is 1.34 bits per heavy atom. The first-order valence-electron chi connectivity index (χ1n) is 16.7. The van der Waals surface area contributed by atoms with Crippen molar-refractivity contribution in [3.63, 3.8) is 0 Å². The van der Waals surface area contributed by atoms with Crippen LogP contribution in [0, 0.1) is 5.92 Å². The third-order valence-corrected chi connectivity index (χ3v) is 10.3. The highest BCUT2D eigenvalue weighted by atomic mass is 31.2. The van der Waals surface area contributed by atoms with E-state index in [4.69, 9.17) is 13.8 Å². The second kappa shape index (κ2) is 16.1. The minimum absolute atomic E-state index is 0.243. The van der Waals surface area contributed by atoms with Gasteiger partial charge in [-0.3, -0.25) is 9.59 Å². The molecule has 1 fully saturated rings. The molecule has 0 bridgehead atoms. The van der Waals surface area contributed by atoms with E-state index in [-0.39, 0.29) is 18.2 Å². The molecule has 3 amide bonds. The van der Waals surface area contributed by atoms with Gasteiger partial charge in [-0.05, 0) is 93.2 Å². The van der Waals surface area contributed by atoms with Gasteiger partial charge < -0.3 is 29.3 Å². The molecule has 10 nitrogen and oxygen atoms in total. The number of nitrogens with zero attached hydrogens (tertiary/aromatic N) is 1. The zero-order chi connectivity index (χ0) is 35.1. The van der Waals surface area contributed by atoms with Crippen molar-refractivity contribution in [2.24, 2.45) is 5.92 Å². The van der Waals surface area contributed by atoms with Crippen molar-refractivity contribution in [2.45, 2.75) is 124 Å². The second-order valence-electron chi connectivity index (χ2n) is 14.2. The Bertz CT molecular complexity index is 1340. The van der Waals surface area contributed by atoms with Crippen LogP contribution in [-0.4, -0.2) is 52.8 Å². The SMILES string of the molecule is CCC(NC(=O)C1CCCN1C(=O)C(NC(=O)OC(C)(C)C)C(C)C)P(=O)(Oc1ccc(C(C)C)cc1)Oc1ccc(C(C)C)cc1. The molecule has 11 heteroatoms. The van der Waals surface area contributed by atoms with Crippen molar-refractivity contribution in [2.75, 3.05) is 6.54 Å². The molecular weight excluding hydrogens is 617 g/mol. The molecule has 2 aromatic rings. The smallest absolute Gasteiger partial charge is 0.444 e. The van der Waals surface area contributed by atoms with E-state index in [1.165, 1.54) is 4.90 Å². The number of benzene rings is 2. The van der Waals surface area contributed by atoms with E-state index in [9.17, 15) is 18.9 Å². The van der Waals surface area contributed by atoms with E-state index in [0.29, 0.717) is 42.7 Å². The quantitative estimate of drug-likeness (QED) is 0.207. The lowest BCUT2D eigenvalue weighted by atomic mass is 10.0. The fraction of sp³-hybridized carbons (Fsp3) is 0.583. The van der Waals surface area contributed by atoms with Crippen LogP contribution in [0.1, 0.15) is 111 Å². The van der Waals surface area contributed by atoms with E-state index in [1.54, 1.807) is 52.0 Å². The van der Waals surface area contributed by atoms with Gasteiger partial charge >= 0.3 is 13.7 Å². The van der Waals surface area contributed by atoms with Crippen LogP contribution in [0.5, 0.6) is 11.5 Å². The topological polar surface area (TPSA) is 123 Å². The molecule has 3 atom stereocenters. The minimum Gasteiger partial charge on any atom is -0.444 e. The molecule has 1 aliphatic heterocycles. The van der Waals surface area contributed by atoms with Crippen LogP contribution in [0.25, 0.3) is 0 Å². The predicted molar refractivity (Wildman–Crippen MR) is 185 cm³/mol. The number of amides is 3. The standard InChI is InChI=1S/C36H54N3O7P/c1-11-31(37-33(40)30-13-12-22-39(30)34(41)32(25(6)7)38-35(42)44-36(8,9)10)47(43,45-28-18-14-26(15-19-28)23(2)3)46-29-20-16-27(17-21-29)24(4)5/h14-21,23-25,30-32H,11-13,22H2,1-10H3,(H,37,40)(H,38,42). The lowest BCUT2D eigenvalue weighted by molar-refractivity contribution is -0.141. The molecule has 0 saturated carbocycles. The van der Waals surface area contributed by atoms with Gasteiger partial charge in [0.05, 0.1) is 0 Å². The number of rotatable bonds is 13. The van der Waals surface area contributed by atoms with Crippen LogP contribution in [0.3, 0.4) is 0 Å². The number of likely N-dealkylation sites (tertiary alicyclic amines) is 1. The molecule has 3 unspecified atom stereocenters. The van der Waals surface area contributed by atoms with Gasteiger partial charge in [-0.25, -0.2) is 9.36 Å². The van der Waals surface area contributed by atoms with Crippen LogP contribution in [0.15, 0.2) is 48.5 Å². The van der Waals surface area contributed by atoms with Gasteiger partial charge in [0, 0.05) is 6.54 Å². The maximum absolute atomic E-state index is 14.7. The lowest BCUT2D eigenvalue weighted by Crippen LogP contribution is -2.56. The highest BCUT2D eigenvalue weighted by Gasteiger charge is 2.44. The minimum atomic E-state index is -4.07. The Hall–Kier alpha value is -3.52. The van der Waals surface area contributed by atoms with Gasteiger partial charge in [-0.1, -0.05) is 72.7 Å². The maximum Gasteiger partial charge on any atom is 0.452 e. The van der Waals surface area contributed by atoms with Gasteiger partial charge in [0.15, 0.2) is 5.78 Å². The predicted octanol–water partition coefficient (Wildman–Crippen LogP) is 7.98. The number of ether oxygens (including phenoxy) is 1. The summed E-state index contributed by atoms with van der Waals surface area (Å²) in [7, 11) is -4.07. The Morgan fingerprint density at radius 1 is 0.851 bits per heavy atom. The molecular formula is C36H54N3O7P. The van der Waals surface area contributed by atoms with E-state index in [0.717, 1.165) is 11.1 Å². The molecule has 1 heterocycles. The number of hydrogen-bond acceptors (Lipinski definition) is 7. The number of carbonyl (C=O) groups is 3. The van der Waals surface area contributed by atoms with Crippen LogP contribution in [-0.2, 0) is 18.9 Å². The van der Waals surface area contributed by atoms with E-state index < -0.39 is 43.1 Å². The molecule has 260 valence electrons. The van der Waals surface area contributed by atoms with Crippen LogP contribution in [0.2, 0.25) is 0 Å². The van der Waals surface area contributed by atoms with Gasteiger partial charge in [-0.15, -0.1) is 0 Å². The zero-order valence-electron chi connectivity index (χ0n) is 29.7. The highest BCUT2D eigenvalue weighted by molar-refractivity contribution is 7.55. The van der Waals surface area contributed by atoms with Crippen molar-refractivity contribution in [3.8, 4) is 11.5 Å². The number of carbonyl (C=O) groups excluding carboxylic acids is 3. The summed E-state index contributed by atoms with van der Waals surface area (Å²) in [5, 5.41) is 5.61. The molecule has 3 rings (SSSR count). The van der Waals surface area contributed by atoms with Crippen molar-refractivity contribution < 1.29 is 32.7 Å². The van der Waals surface area contributed by atoms with E-state index in [1.807, 2.05) is 38.1 Å².